The van der Waals surface area contributed by atoms with Crippen LogP contribution >= 0.6 is 23.5 Å². The Morgan fingerprint density at radius 2 is 0.778 bits per heavy atom. The molecule has 0 saturated heterocycles. The van der Waals surface area contributed by atoms with Crippen LogP contribution in [-0.4, -0.2) is 108 Å². The number of carbonyl (C=O) groups is 2. The minimum atomic E-state index is -5.59. The van der Waals surface area contributed by atoms with Crippen molar-refractivity contribution in [3.8, 4) is 0 Å². The molecule has 0 aromatic carbocycles. The van der Waals surface area contributed by atoms with Crippen molar-refractivity contribution in [3.05, 3.63) is 0 Å². The first-order valence-electron chi connectivity index (χ1n) is 23.3. The average Bonchev–Trinajstić information content (AvgIpc) is 3.20. The number of hydrogen-bond acceptors (Lipinski definition) is 14. The Kier molecular flexibility index (Phi) is 32.9. The number of phosphoric ester groups is 3. The van der Waals surface area contributed by atoms with E-state index in [1.807, 2.05) is 0 Å². The molecule has 0 aliphatic heterocycles. The van der Waals surface area contributed by atoms with E-state index < -0.39 is 91.3 Å². The number of phosphoric acid groups is 3. The summed E-state index contributed by atoms with van der Waals surface area (Å²) in [4.78, 5) is 73.1. The molecule has 2 unspecified atom stereocenters. The minimum absolute atomic E-state index is 0.00556. The van der Waals surface area contributed by atoms with Gasteiger partial charge in [-0.2, -0.15) is 0 Å². The highest BCUT2D eigenvalue weighted by Gasteiger charge is 2.56. The summed E-state index contributed by atoms with van der Waals surface area (Å²) in [7, 11) is -16.6. The second-order valence-electron chi connectivity index (χ2n) is 16.7. The number of esters is 2. The van der Waals surface area contributed by atoms with Gasteiger partial charge in [0.1, 0.15) is 43.2 Å². The lowest BCUT2D eigenvalue weighted by molar-refractivity contribution is -0.213. The number of aliphatic hydroxyl groups is 3. The molecule has 0 heterocycles. The van der Waals surface area contributed by atoms with Crippen LogP contribution in [0, 0.1) is 0 Å². The van der Waals surface area contributed by atoms with Crippen LogP contribution < -0.4 is 0 Å². The fourth-order valence-electron chi connectivity index (χ4n) is 7.41. The highest BCUT2D eigenvalue weighted by molar-refractivity contribution is 7.47. The Labute approximate surface area is 374 Å². The zero-order valence-electron chi connectivity index (χ0n) is 37.7. The third-order valence-electron chi connectivity index (χ3n) is 10.9. The number of aliphatic hydroxyl groups excluding tert-OH is 3. The summed E-state index contributed by atoms with van der Waals surface area (Å²) in [5.74, 6) is -1.28. The molecule has 0 radical (unpaired) electrons. The number of ether oxygens (including phenoxy) is 2. The average molecular weight is 971 g/mol. The predicted molar refractivity (Wildman–Crippen MR) is 234 cm³/mol. The summed E-state index contributed by atoms with van der Waals surface area (Å²) >= 11 is 0. The van der Waals surface area contributed by atoms with E-state index in [2.05, 4.69) is 22.9 Å². The molecule has 22 heteroatoms. The Hall–Kier alpha value is -0.850. The molecule has 0 spiro atoms. The van der Waals surface area contributed by atoms with E-state index in [-0.39, 0.29) is 12.8 Å². The van der Waals surface area contributed by atoms with E-state index in [1.54, 1.807) is 0 Å². The molecule has 1 fully saturated rings. The third-order valence-corrected chi connectivity index (χ3v) is 12.9. The van der Waals surface area contributed by atoms with Crippen LogP contribution in [0.3, 0.4) is 0 Å². The molecule has 0 aromatic rings. The standard InChI is InChI=1S/C41H81O19P3/c1-3-5-7-9-11-13-15-17-19-21-23-25-27-29-34(42)55-31-33(57-35(43)30-28-26-24-22-20-18-16-14-12-10-8-6-4-2)32-56-63(53,54)60-39-36(44)37(45)40(58-61(47,48)49)41(38(39)46)59-62(50,51)52/h33,36-41,44-46H,3-32H2,1-2H3,(H,53,54)(H2,47,48,49)(H2,50,51,52)/t33?,36-,37+,38+,39-,40-,41-/m1/s1. The number of rotatable bonds is 40. The Bertz CT molecular complexity index is 1350. The molecule has 0 aromatic heterocycles. The number of hydrogen-bond donors (Lipinski definition) is 8. The topological polar surface area (TPSA) is 303 Å². The molecule has 8 N–H and O–H groups in total. The zero-order chi connectivity index (χ0) is 47.2. The van der Waals surface area contributed by atoms with Gasteiger partial charge in [0.2, 0.25) is 0 Å². The molecule has 1 saturated carbocycles. The lowest BCUT2D eigenvalue weighted by atomic mass is 9.85. The molecular weight excluding hydrogens is 889 g/mol. The maximum absolute atomic E-state index is 13.1. The number of carbonyl (C=O) groups excluding carboxylic acids is 2. The zero-order valence-corrected chi connectivity index (χ0v) is 40.3. The molecule has 1 aliphatic carbocycles. The fraction of sp³-hybridized carbons (Fsp3) is 0.951. The van der Waals surface area contributed by atoms with Crippen LogP contribution in [0.15, 0.2) is 0 Å². The molecule has 374 valence electrons. The van der Waals surface area contributed by atoms with Crippen LogP contribution in [0.4, 0.5) is 0 Å². The normalized spacial score (nSPS) is 22.1. The van der Waals surface area contributed by atoms with Gasteiger partial charge in [-0.25, -0.2) is 13.7 Å². The van der Waals surface area contributed by atoms with Gasteiger partial charge < -0.3 is 49.3 Å². The van der Waals surface area contributed by atoms with Gasteiger partial charge in [-0.05, 0) is 12.8 Å². The van der Waals surface area contributed by atoms with Gasteiger partial charge in [-0.1, -0.05) is 168 Å². The van der Waals surface area contributed by atoms with Gasteiger partial charge >= 0.3 is 35.4 Å². The van der Waals surface area contributed by atoms with Crippen molar-refractivity contribution >= 4 is 35.4 Å². The van der Waals surface area contributed by atoms with E-state index in [4.69, 9.17) is 18.5 Å². The first kappa shape index (κ1) is 60.2. The molecule has 8 atom stereocenters. The minimum Gasteiger partial charge on any atom is -0.462 e. The second-order valence-corrected chi connectivity index (χ2v) is 20.5. The van der Waals surface area contributed by atoms with E-state index in [9.17, 15) is 63.1 Å². The first-order chi connectivity index (χ1) is 29.8. The second kappa shape index (κ2) is 34.4. The largest absolute Gasteiger partial charge is 0.472 e. The highest BCUT2D eigenvalue weighted by Crippen LogP contribution is 2.51. The van der Waals surface area contributed by atoms with Crippen LogP contribution in [-0.2, 0) is 50.9 Å². The quantitative estimate of drug-likeness (QED) is 0.0164. The van der Waals surface area contributed by atoms with Gasteiger partial charge in [-0.3, -0.25) is 27.7 Å². The van der Waals surface area contributed by atoms with Crippen LogP contribution in [0.25, 0.3) is 0 Å². The molecular formula is C41H81O19P3. The number of unbranched alkanes of at least 4 members (excludes halogenated alkanes) is 24. The summed E-state index contributed by atoms with van der Waals surface area (Å²) in [6.45, 7) is 2.94. The third kappa shape index (κ3) is 30.9. The Morgan fingerprint density at radius 1 is 0.444 bits per heavy atom. The molecule has 0 bridgehead atoms. The lowest BCUT2D eigenvalue weighted by Crippen LogP contribution is -2.65. The smallest absolute Gasteiger partial charge is 0.462 e. The van der Waals surface area contributed by atoms with E-state index in [0.29, 0.717) is 12.8 Å². The first-order valence-corrected chi connectivity index (χ1v) is 27.9. The fourth-order valence-corrected chi connectivity index (χ4v) is 9.50. The van der Waals surface area contributed by atoms with Crippen molar-refractivity contribution in [1.82, 2.24) is 0 Å². The van der Waals surface area contributed by atoms with Crippen molar-refractivity contribution < 1.29 is 90.6 Å². The van der Waals surface area contributed by atoms with E-state index in [1.165, 1.54) is 103 Å². The van der Waals surface area contributed by atoms with Gasteiger partial charge in [-0.15, -0.1) is 0 Å². The van der Waals surface area contributed by atoms with Crippen LogP contribution in [0.1, 0.15) is 194 Å². The van der Waals surface area contributed by atoms with Crippen LogP contribution in [0.5, 0.6) is 0 Å². The Balaban J connectivity index is 2.74. The van der Waals surface area contributed by atoms with Gasteiger partial charge in [0, 0.05) is 12.8 Å². The summed E-state index contributed by atoms with van der Waals surface area (Å²) in [5.41, 5.74) is 0. The van der Waals surface area contributed by atoms with Crippen molar-refractivity contribution in [2.75, 3.05) is 13.2 Å². The van der Waals surface area contributed by atoms with Crippen LogP contribution in [0.2, 0.25) is 0 Å². The summed E-state index contributed by atoms with van der Waals surface area (Å²) in [6, 6.07) is 0. The molecule has 1 rings (SSSR count). The van der Waals surface area contributed by atoms with Crippen molar-refractivity contribution in [2.24, 2.45) is 0 Å². The highest BCUT2D eigenvalue weighted by atomic mass is 31.2. The predicted octanol–water partition coefficient (Wildman–Crippen LogP) is 7.96. The summed E-state index contributed by atoms with van der Waals surface area (Å²) < 4.78 is 65.4. The maximum Gasteiger partial charge on any atom is 0.472 e. The molecule has 19 nitrogen and oxygen atoms in total. The van der Waals surface area contributed by atoms with Crippen molar-refractivity contribution in [1.29, 1.82) is 0 Å². The maximum atomic E-state index is 13.1. The summed E-state index contributed by atoms with van der Waals surface area (Å²) in [6.07, 6.45) is 12.7. The monoisotopic (exact) mass is 970 g/mol. The Morgan fingerprint density at radius 3 is 1.16 bits per heavy atom. The van der Waals surface area contributed by atoms with Gasteiger partial charge in [0.15, 0.2) is 6.10 Å². The van der Waals surface area contributed by atoms with E-state index in [0.717, 1.165) is 51.4 Å². The van der Waals surface area contributed by atoms with Crippen molar-refractivity contribution in [2.45, 2.75) is 236 Å². The SMILES string of the molecule is CCCCCCCCCCCCCCCC(=O)OCC(COP(=O)(O)O[C@@H]1[C@H](O)[C@H](O)[C@@H](OP(=O)(O)O)[C@H](OP(=O)(O)O)[C@H]1O)OC(=O)CCCCCCCCCCCCCCC. The lowest BCUT2D eigenvalue weighted by Gasteiger charge is -2.44. The molecule has 1 aliphatic rings. The van der Waals surface area contributed by atoms with Gasteiger partial charge in [0.05, 0.1) is 6.61 Å². The van der Waals surface area contributed by atoms with Crippen molar-refractivity contribution in [3.63, 3.8) is 0 Å². The molecule has 0 amide bonds. The summed E-state index contributed by atoms with van der Waals surface area (Å²) in [5, 5.41) is 31.8. The van der Waals surface area contributed by atoms with E-state index >= 15 is 0 Å². The van der Waals surface area contributed by atoms with Gasteiger partial charge in [0.25, 0.3) is 0 Å². The molecule has 63 heavy (non-hydrogen) atoms.